The Hall–Kier alpha value is -0.490. The van der Waals surface area contributed by atoms with Gasteiger partial charge in [0.25, 0.3) is 0 Å². The predicted octanol–water partition coefficient (Wildman–Crippen LogP) is 3.31. The highest BCUT2D eigenvalue weighted by Gasteiger charge is 2.34. The third kappa shape index (κ3) is 3.75. The summed E-state index contributed by atoms with van der Waals surface area (Å²) in [6.07, 6.45) is -1.10. The number of aliphatic hydroxyl groups is 1. The molecule has 0 saturated carbocycles. The number of aliphatic hydroxyl groups excluding tert-OH is 1. The maximum Gasteiger partial charge on any atom is 0.339 e. The maximum atomic E-state index is 13.1. The lowest BCUT2D eigenvalue weighted by Crippen LogP contribution is -2.15. The topological polar surface area (TPSA) is 46.5 Å². The minimum absolute atomic E-state index is 0.0416. The third-order valence-electron chi connectivity index (χ3n) is 2.68. The van der Waals surface area contributed by atoms with Crippen LogP contribution in [0, 0.1) is 0 Å². The first kappa shape index (κ1) is 14.9. The lowest BCUT2D eigenvalue weighted by Gasteiger charge is -2.10. The van der Waals surface area contributed by atoms with E-state index in [-0.39, 0.29) is 28.9 Å². The number of hydrogen-bond acceptors (Lipinski definition) is 4. The number of alkyl halides is 1. The van der Waals surface area contributed by atoms with Crippen molar-refractivity contribution in [1.82, 2.24) is 0 Å². The molecule has 3 atom stereocenters. The van der Waals surface area contributed by atoms with Crippen LogP contribution in [0.15, 0.2) is 18.2 Å². The minimum atomic E-state index is -1.27. The van der Waals surface area contributed by atoms with Crippen LogP contribution in [0.1, 0.15) is 16.8 Å². The molecule has 0 aliphatic carbocycles. The zero-order valence-electron chi connectivity index (χ0n) is 9.68. The number of rotatable bonds is 3. The van der Waals surface area contributed by atoms with Crippen LogP contribution in [-0.2, 0) is 4.74 Å². The van der Waals surface area contributed by atoms with Gasteiger partial charge in [-0.3, -0.25) is 0 Å². The van der Waals surface area contributed by atoms with Crippen molar-refractivity contribution in [3.63, 3.8) is 0 Å². The summed E-state index contributed by atoms with van der Waals surface area (Å²) < 4.78 is 18.1. The first-order chi connectivity index (χ1) is 8.97. The quantitative estimate of drug-likeness (QED) is 0.866. The second-order valence-electron chi connectivity index (χ2n) is 4.12. The molecule has 1 N–H and O–H groups in total. The van der Waals surface area contributed by atoms with Gasteiger partial charge < -0.3 is 9.84 Å². The maximum absolute atomic E-state index is 13.1. The molecule has 1 aromatic rings. The molecule has 1 heterocycles. The van der Waals surface area contributed by atoms with Crippen LogP contribution < -0.4 is 0 Å². The molecule has 1 aromatic carbocycles. The Morgan fingerprint density at radius 1 is 1.53 bits per heavy atom. The van der Waals surface area contributed by atoms with Gasteiger partial charge in [0.2, 0.25) is 0 Å². The summed E-state index contributed by atoms with van der Waals surface area (Å²) in [7, 11) is 0. The third-order valence-corrected chi connectivity index (χ3v) is 4.52. The molecule has 19 heavy (non-hydrogen) atoms. The van der Waals surface area contributed by atoms with Gasteiger partial charge in [-0.05, 0) is 24.6 Å². The van der Waals surface area contributed by atoms with Crippen LogP contribution in [0.2, 0.25) is 10.0 Å². The zero-order valence-corrected chi connectivity index (χ0v) is 12.0. The van der Waals surface area contributed by atoms with Crippen molar-refractivity contribution in [3.05, 3.63) is 33.8 Å². The summed E-state index contributed by atoms with van der Waals surface area (Å²) in [5.41, 5.74) is -0.825. The van der Waals surface area contributed by atoms with Gasteiger partial charge in [0.15, 0.2) is 0 Å². The largest absolute Gasteiger partial charge is 0.461 e. The smallest absolute Gasteiger partial charge is 0.339 e. The monoisotopic (exact) mass is 324 g/mol. The Labute approximate surface area is 124 Å². The molecule has 0 spiro atoms. The van der Waals surface area contributed by atoms with Crippen LogP contribution >= 0.6 is 35.0 Å². The molecule has 3 nitrogen and oxygen atoms in total. The van der Waals surface area contributed by atoms with Gasteiger partial charge in [0.05, 0.1) is 10.6 Å². The fraction of sp³-hybridized carbons (Fsp3) is 0.417. The molecule has 3 unspecified atom stereocenters. The van der Waals surface area contributed by atoms with E-state index in [1.807, 2.05) is 0 Å². The summed E-state index contributed by atoms with van der Waals surface area (Å²) in [5.74, 6) is -0.584. The van der Waals surface area contributed by atoms with Crippen LogP contribution in [0.3, 0.4) is 0 Å². The molecule has 7 heteroatoms. The summed E-state index contributed by atoms with van der Waals surface area (Å²) >= 11 is 12.7. The van der Waals surface area contributed by atoms with Gasteiger partial charge >= 0.3 is 5.97 Å². The van der Waals surface area contributed by atoms with Crippen molar-refractivity contribution in [3.8, 4) is 0 Å². The summed E-state index contributed by atoms with van der Waals surface area (Å²) in [6, 6.07) is 4.46. The van der Waals surface area contributed by atoms with E-state index in [9.17, 15) is 14.3 Å². The van der Waals surface area contributed by atoms with Crippen molar-refractivity contribution < 1.29 is 19.0 Å². The number of hydrogen-bond donors (Lipinski definition) is 1. The molecule has 104 valence electrons. The molecule has 0 radical (unpaired) electrons. The van der Waals surface area contributed by atoms with Gasteiger partial charge in [0, 0.05) is 10.3 Å². The van der Waals surface area contributed by atoms with Crippen molar-refractivity contribution in [2.45, 2.75) is 23.3 Å². The highest BCUT2D eigenvalue weighted by molar-refractivity contribution is 8.00. The Morgan fingerprint density at radius 3 is 2.84 bits per heavy atom. The van der Waals surface area contributed by atoms with E-state index in [2.05, 4.69) is 0 Å². The second kappa shape index (κ2) is 6.31. The summed E-state index contributed by atoms with van der Waals surface area (Å²) in [5, 5.41) is 9.64. The lowest BCUT2D eigenvalue weighted by atomic mass is 10.2. The molecule has 0 bridgehead atoms. The van der Waals surface area contributed by atoms with Crippen LogP contribution in [-0.4, -0.2) is 34.5 Å². The minimum Gasteiger partial charge on any atom is -0.461 e. The standard InChI is InChI=1S/C12H11Cl2FO3S/c13-6-1-2-8(9(14)3-6)11(16)18-5-7-4-10(15)12(17)19-7/h1-3,7,10,12,17H,4-5H2. The normalized spacial score (nSPS) is 26.4. The van der Waals surface area contributed by atoms with Crippen molar-refractivity contribution in [2.75, 3.05) is 6.61 Å². The van der Waals surface area contributed by atoms with Crippen molar-refractivity contribution in [1.29, 1.82) is 0 Å². The summed E-state index contributed by atoms with van der Waals surface area (Å²) in [4.78, 5) is 11.8. The predicted molar refractivity (Wildman–Crippen MR) is 73.6 cm³/mol. The van der Waals surface area contributed by atoms with E-state index in [1.165, 1.54) is 18.2 Å². The van der Waals surface area contributed by atoms with Gasteiger partial charge in [-0.1, -0.05) is 23.2 Å². The molecule has 2 rings (SSSR count). The van der Waals surface area contributed by atoms with E-state index in [0.29, 0.717) is 5.02 Å². The molecule has 1 saturated heterocycles. The molecular formula is C12H11Cl2FO3S. The number of thioether (sulfide) groups is 1. The summed E-state index contributed by atoms with van der Waals surface area (Å²) in [6.45, 7) is 0.0416. The molecule has 0 amide bonds. The Kier molecular flexibility index (Phi) is 4.95. The highest BCUT2D eigenvalue weighted by Crippen LogP contribution is 2.34. The number of halogens is 3. The van der Waals surface area contributed by atoms with E-state index in [4.69, 9.17) is 27.9 Å². The van der Waals surface area contributed by atoms with E-state index < -0.39 is 17.6 Å². The van der Waals surface area contributed by atoms with E-state index >= 15 is 0 Å². The first-order valence-corrected chi connectivity index (χ1v) is 7.27. The van der Waals surface area contributed by atoms with Crippen LogP contribution in [0.4, 0.5) is 4.39 Å². The van der Waals surface area contributed by atoms with Gasteiger partial charge in [-0.2, -0.15) is 0 Å². The van der Waals surface area contributed by atoms with Crippen molar-refractivity contribution in [2.24, 2.45) is 0 Å². The van der Waals surface area contributed by atoms with E-state index in [0.717, 1.165) is 11.8 Å². The van der Waals surface area contributed by atoms with Gasteiger partial charge in [0.1, 0.15) is 18.2 Å². The van der Waals surface area contributed by atoms with Crippen molar-refractivity contribution >= 4 is 40.9 Å². The fourth-order valence-corrected chi connectivity index (χ4v) is 3.32. The zero-order chi connectivity index (χ0) is 14.0. The Balaban J connectivity index is 1.91. The SMILES string of the molecule is O=C(OCC1CC(F)C(O)S1)c1ccc(Cl)cc1Cl. The van der Waals surface area contributed by atoms with Crippen LogP contribution in [0.25, 0.3) is 0 Å². The molecular weight excluding hydrogens is 314 g/mol. The lowest BCUT2D eigenvalue weighted by molar-refractivity contribution is 0.0499. The number of ether oxygens (including phenoxy) is 1. The van der Waals surface area contributed by atoms with Gasteiger partial charge in [-0.15, -0.1) is 11.8 Å². The molecule has 1 aliphatic rings. The average molecular weight is 325 g/mol. The Morgan fingerprint density at radius 2 is 2.26 bits per heavy atom. The highest BCUT2D eigenvalue weighted by atomic mass is 35.5. The molecule has 1 aliphatic heterocycles. The number of carbonyl (C=O) groups excluding carboxylic acids is 1. The number of carbonyl (C=O) groups is 1. The number of benzene rings is 1. The fourth-order valence-electron chi connectivity index (χ4n) is 1.71. The Bertz CT molecular complexity index is 476. The van der Waals surface area contributed by atoms with E-state index in [1.54, 1.807) is 0 Å². The average Bonchev–Trinajstić information content (AvgIpc) is 2.66. The van der Waals surface area contributed by atoms with Gasteiger partial charge in [-0.25, -0.2) is 9.18 Å². The molecule has 1 fully saturated rings. The molecule has 0 aromatic heterocycles. The number of esters is 1. The van der Waals surface area contributed by atoms with Crippen LogP contribution in [0.5, 0.6) is 0 Å². The second-order valence-corrected chi connectivity index (χ2v) is 6.39. The first-order valence-electron chi connectivity index (χ1n) is 5.57.